The molecule has 2 rings (SSSR count). The van der Waals surface area contributed by atoms with Crippen LogP contribution in [0.4, 0.5) is 0 Å². The van der Waals surface area contributed by atoms with Gasteiger partial charge in [0, 0.05) is 11.1 Å². The fraction of sp³-hybridized carbons (Fsp3) is 0.300. The fourth-order valence-corrected chi connectivity index (χ4v) is 1.86. The number of hydrogen-bond acceptors (Lipinski definition) is 4. The number of oxime groups is 1. The lowest BCUT2D eigenvalue weighted by molar-refractivity contribution is 0.317. The minimum Gasteiger partial charge on any atom is -0.508 e. The predicted octanol–water partition coefficient (Wildman–Crippen LogP) is 1.61. The molecule has 0 saturated heterocycles. The number of benzene rings is 1. The Balaban J connectivity index is 2.67. The highest BCUT2D eigenvalue weighted by molar-refractivity contribution is 6.05. The average Bonchev–Trinajstić information content (AvgIpc) is 2.23. The molecule has 1 aromatic carbocycles. The van der Waals surface area contributed by atoms with Gasteiger partial charge in [-0.2, -0.15) is 0 Å². The second-order valence-electron chi connectivity index (χ2n) is 3.36. The van der Waals surface area contributed by atoms with E-state index >= 15 is 0 Å². The zero-order valence-corrected chi connectivity index (χ0v) is 7.56. The Bertz CT molecular complexity index is 399. The van der Waals surface area contributed by atoms with Crippen LogP contribution in [-0.4, -0.2) is 21.1 Å². The van der Waals surface area contributed by atoms with E-state index in [0.717, 1.165) is 6.42 Å². The number of phenols is 2. The Morgan fingerprint density at radius 3 is 2.50 bits per heavy atom. The monoisotopic (exact) mass is 193 g/mol. The molecule has 4 heteroatoms. The second-order valence-corrected chi connectivity index (χ2v) is 3.36. The number of rotatable bonds is 0. The van der Waals surface area contributed by atoms with Crippen molar-refractivity contribution in [3.05, 3.63) is 23.3 Å². The number of hydrogen-bond donors (Lipinski definition) is 3. The Hall–Kier alpha value is -1.71. The molecule has 0 bridgehead atoms. The smallest absolute Gasteiger partial charge is 0.125 e. The highest BCUT2D eigenvalue weighted by Crippen LogP contribution is 2.34. The van der Waals surface area contributed by atoms with Gasteiger partial charge >= 0.3 is 0 Å². The SMILES string of the molecule is O/N=C1/CCCc2c(O)ccc(O)c21. The summed E-state index contributed by atoms with van der Waals surface area (Å²) in [4.78, 5) is 0. The molecule has 0 unspecified atom stereocenters. The zero-order valence-electron chi connectivity index (χ0n) is 7.56. The van der Waals surface area contributed by atoms with E-state index in [9.17, 15) is 10.2 Å². The molecular weight excluding hydrogens is 182 g/mol. The number of aromatic hydroxyl groups is 2. The van der Waals surface area contributed by atoms with Gasteiger partial charge in [-0.25, -0.2) is 0 Å². The number of nitrogens with zero attached hydrogens (tertiary/aromatic N) is 1. The van der Waals surface area contributed by atoms with E-state index in [0.29, 0.717) is 29.7 Å². The van der Waals surface area contributed by atoms with Crippen LogP contribution >= 0.6 is 0 Å². The Labute approximate surface area is 81.1 Å². The molecule has 74 valence electrons. The van der Waals surface area contributed by atoms with Crippen LogP contribution in [0.3, 0.4) is 0 Å². The standard InChI is InChI=1S/C10H11NO3/c12-8-4-5-9(13)10-6(8)2-1-3-7(10)11-14/h4-5,12-14H,1-3H2/b11-7-. The van der Waals surface area contributed by atoms with Crippen LogP contribution in [-0.2, 0) is 6.42 Å². The van der Waals surface area contributed by atoms with E-state index in [1.807, 2.05) is 0 Å². The maximum absolute atomic E-state index is 9.58. The van der Waals surface area contributed by atoms with Crippen molar-refractivity contribution in [1.82, 2.24) is 0 Å². The van der Waals surface area contributed by atoms with Gasteiger partial charge in [0.25, 0.3) is 0 Å². The average molecular weight is 193 g/mol. The van der Waals surface area contributed by atoms with Crippen LogP contribution < -0.4 is 0 Å². The fourth-order valence-electron chi connectivity index (χ4n) is 1.86. The lowest BCUT2D eigenvalue weighted by Crippen LogP contribution is -2.12. The molecule has 1 aliphatic carbocycles. The first-order chi connectivity index (χ1) is 6.74. The van der Waals surface area contributed by atoms with Gasteiger partial charge in [-0.05, 0) is 31.4 Å². The van der Waals surface area contributed by atoms with Crippen LogP contribution in [0.15, 0.2) is 17.3 Å². The molecule has 0 spiro atoms. The van der Waals surface area contributed by atoms with E-state index in [4.69, 9.17) is 5.21 Å². The first kappa shape index (κ1) is 8.87. The molecule has 0 fully saturated rings. The minimum absolute atomic E-state index is 0.0605. The van der Waals surface area contributed by atoms with Crippen molar-refractivity contribution in [3.8, 4) is 11.5 Å². The Kier molecular flexibility index (Phi) is 2.04. The van der Waals surface area contributed by atoms with Crippen LogP contribution in [0.5, 0.6) is 11.5 Å². The van der Waals surface area contributed by atoms with Gasteiger partial charge in [-0.1, -0.05) is 5.16 Å². The van der Waals surface area contributed by atoms with Crippen molar-refractivity contribution >= 4 is 5.71 Å². The molecule has 0 atom stereocenters. The predicted molar refractivity (Wildman–Crippen MR) is 51.0 cm³/mol. The first-order valence-corrected chi connectivity index (χ1v) is 4.49. The lowest BCUT2D eigenvalue weighted by atomic mass is 9.89. The van der Waals surface area contributed by atoms with Gasteiger partial charge in [0.1, 0.15) is 11.5 Å². The minimum atomic E-state index is 0.0605. The number of fused-ring (bicyclic) bond motifs is 1. The highest BCUT2D eigenvalue weighted by Gasteiger charge is 2.22. The van der Waals surface area contributed by atoms with E-state index in [-0.39, 0.29) is 11.5 Å². The van der Waals surface area contributed by atoms with Crippen molar-refractivity contribution < 1.29 is 15.4 Å². The van der Waals surface area contributed by atoms with Crippen LogP contribution in [0.2, 0.25) is 0 Å². The van der Waals surface area contributed by atoms with Crippen LogP contribution in [0, 0.1) is 0 Å². The summed E-state index contributed by atoms with van der Waals surface area (Å²) >= 11 is 0. The molecule has 1 aromatic rings. The maximum atomic E-state index is 9.58. The normalized spacial score (nSPS) is 18.1. The molecule has 4 nitrogen and oxygen atoms in total. The topological polar surface area (TPSA) is 73.1 Å². The molecule has 0 aliphatic heterocycles. The Morgan fingerprint density at radius 1 is 1.07 bits per heavy atom. The van der Waals surface area contributed by atoms with Crippen LogP contribution in [0.1, 0.15) is 24.0 Å². The first-order valence-electron chi connectivity index (χ1n) is 4.49. The zero-order chi connectivity index (χ0) is 10.1. The summed E-state index contributed by atoms with van der Waals surface area (Å²) in [5, 5.41) is 31.0. The molecule has 0 heterocycles. The molecular formula is C10H11NO3. The van der Waals surface area contributed by atoms with E-state index in [2.05, 4.69) is 5.16 Å². The van der Waals surface area contributed by atoms with Gasteiger partial charge in [0.2, 0.25) is 0 Å². The second kappa shape index (κ2) is 3.21. The van der Waals surface area contributed by atoms with Gasteiger partial charge < -0.3 is 15.4 Å². The van der Waals surface area contributed by atoms with E-state index < -0.39 is 0 Å². The van der Waals surface area contributed by atoms with E-state index in [1.54, 1.807) is 0 Å². The molecule has 0 aromatic heterocycles. The van der Waals surface area contributed by atoms with Gasteiger partial charge in [-0.15, -0.1) is 0 Å². The van der Waals surface area contributed by atoms with Crippen molar-refractivity contribution in [2.75, 3.05) is 0 Å². The maximum Gasteiger partial charge on any atom is 0.125 e. The summed E-state index contributed by atoms with van der Waals surface area (Å²) in [5.74, 6) is 0.212. The van der Waals surface area contributed by atoms with Gasteiger partial charge in [0.15, 0.2) is 0 Å². The summed E-state index contributed by atoms with van der Waals surface area (Å²) < 4.78 is 0. The molecule has 0 amide bonds. The Morgan fingerprint density at radius 2 is 1.79 bits per heavy atom. The molecule has 0 saturated carbocycles. The van der Waals surface area contributed by atoms with Crippen molar-refractivity contribution in [2.45, 2.75) is 19.3 Å². The van der Waals surface area contributed by atoms with E-state index in [1.165, 1.54) is 12.1 Å². The summed E-state index contributed by atoms with van der Waals surface area (Å²) in [6.45, 7) is 0. The number of phenolic OH excluding ortho intramolecular Hbond substituents is 2. The molecule has 0 radical (unpaired) electrons. The van der Waals surface area contributed by atoms with Crippen molar-refractivity contribution in [3.63, 3.8) is 0 Å². The van der Waals surface area contributed by atoms with Crippen LogP contribution in [0.25, 0.3) is 0 Å². The van der Waals surface area contributed by atoms with Crippen molar-refractivity contribution in [1.29, 1.82) is 0 Å². The lowest BCUT2D eigenvalue weighted by Gasteiger charge is -2.18. The third kappa shape index (κ3) is 1.19. The summed E-state index contributed by atoms with van der Waals surface area (Å²) in [7, 11) is 0. The molecule has 1 aliphatic rings. The van der Waals surface area contributed by atoms with Gasteiger partial charge in [0.05, 0.1) is 5.71 Å². The summed E-state index contributed by atoms with van der Waals surface area (Å²) in [6, 6.07) is 2.86. The third-order valence-electron chi connectivity index (χ3n) is 2.52. The molecule has 3 N–H and O–H groups in total. The quantitative estimate of drug-likeness (QED) is 0.333. The summed E-state index contributed by atoms with van der Waals surface area (Å²) in [5.41, 5.74) is 1.60. The summed E-state index contributed by atoms with van der Waals surface area (Å²) in [6.07, 6.45) is 2.15. The van der Waals surface area contributed by atoms with Crippen molar-refractivity contribution in [2.24, 2.45) is 5.16 Å². The molecule has 14 heavy (non-hydrogen) atoms. The largest absolute Gasteiger partial charge is 0.508 e. The highest BCUT2D eigenvalue weighted by atomic mass is 16.4. The van der Waals surface area contributed by atoms with Gasteiger partial charge in [-0.3, -0.25) is 0 Å². The third-order valence-corrected chi connectivity index (χ3v) is 2.52.